The van der Waals surface area contributed by atoms with E-state index in [-0.39, 0.29) is 0 Å². The molecule has 0 spiro atoms. The third kappa shape index (κ3) is 1.73. The normalized spacial score (nSPS) is 15.1. The SMILES string of the molecule is c1ccc2cc(-c3csc(C4CC4)n3)ccc2c1. The highest BCUT2D eigenvalue weighted by Gasteiger charge is 2.26. The molecule has 2 heteroatoms. The Morgan fingerprint density at radius 3 is 2.67 bits per heavy atom. The number of benzene rings is 2. The van der Waals surface area contributed by atoms with E-state index in [1.165, 1.54) is 34.2 Å². The quantitative estimate of drug-likeness (QED) is 0.635. The summed E-state index contributed by atoms with van der Waals surface area (Å²) in [4.78, 5) is 4.77. The van der Waals surface area contributed by atoms with Crippen LogP contribution in [0, 0.1) is 0 Å². The van der Waals surface area contributed by atoms with Crippen molar-refractivity contribution in [1.82, 2.24) is 4.98 Å². The Labute approximate surface area is 110 Å². The van der Waals surface area contributed by atoms with Gasteiger partial charge < -0.3 is 0 Å². The van der Waals surface area contributed by atoms with Gasteiger partial charge in [-0.3, -0.25) is 0 Å². The van der Waals surface area contributed by atoms with Crippen molar-refractivity contribution in [1.29, 1.82) is 0 Å². The summed E-state index contributed by atoms with van der Waals surface area (Å²) in [7, 11) is 0. The maximum atomic E-state index is 4.77. The van der Waals surface area contributed by atoms with Gasteiger partial charge in [-0.1, -0.05) is 36.4 Å². The predicted octanol–water partition coefficient (Wildman–Crippen LogP) is 4.84. The first kappa shape index (κ1) is 10.3. The molecule has 1 saturated carbocycles. The zero-order valence-electron chi connectivity index (χ0n) is 9.97. The zero-order chi connectivity index (χ0) is 11.9. The summed E-state index contributed by atoms with van der Waals surface area (Å²) in [6.07, 6.45) is 2.65. The molecule has 4 rings (SSSR count). The topological polar surface area (TPSA) is 12.9 Å². The van der Waals surface area contributed by atoms with Crippen LogP contribution >= 0.6 is 11.3 Å². The molecule has 1 nitrogen and oxygen atoms in total. The maximum absolute atomic E-state index is 4.77. The highest BCUT2D eigenvalue weighted by atomic mass is 32.1. The number of hydrogen-bond acceptors (Lipinski definition) is 2. The molecule has 1 heterocycles. The summed E-state index contributed by atoms with van der Waals surface area (Å²) in [6.45, 7) is 0. The molecule has 18 heavy (non-hydrogen) atoms. The number of nitrogens with zero attached hydrogens (tertiary/aromatic N) is 1. The fraction of sp³-hybridized carbons (Fsp3) is 0.188. The van der Waals surface area contributed by atoms with Crippen molar-refractivity contribution in [2.24, 2.45) is 0 Å². The van der Waals surface area contributed by atoms with Crippen LogP contribution in [0.15, 0.2) is 47.8 Å². The lowest BCUT2D eigenvalue weighted by Gasteiger charge is -2.00. The Morgan fingerprint density at radius 2 is 1.83 bits per heavy atom. The zero-order valence-corrected chi connectivity index (χ0v) is 10.8. The molecule has 88 valence electrons. The van der Waals surface area contributed by atoms with Gasteiger partial charge >= 0.3 is 0 Å². The molecule has 1 fully saturated rings. The van der Waals surface area contributed by atoms with Gasteiger partial charge in [0.2, 0.25) is 0 Å². The van der Waals surface area contributed by atoms with Crippen LogP contribution in [0.3, 0.4) is 0 Å². The van der Waals surface area contributed by atoms with Crippen LogP contribution in [0.4, 0.5) is 0 Å². The van der Waals surface area contributed by atoms with Crippen LogP contribution in [0.1, 0.15) is 23.8 Å². The largest absolute Gasteiger partial charge is 0.241 e. The summed E-state index contributed by atoms with van der Waals surface area (Å²) in [6, 6.07) is 15.1. The molecule has 0 N–H and O–H groups in total. The molecule has 2 aromatic carbocycles. The Morgan fingerprint density at radius 1 is 1.00 bits per heavy atom. The number of fused-ring (bicyclic) bond motifs is 1. The Balaban J connectivity index is 1.80. The molecule has 1 aliphatic carbocycles. The Kier molecular flexibility index (Phi) is 2.24. The second-order valence-corrected chi connectivity index (χ2v) is 5.80. The molecule has 3 aromatic rings. The van der Waals surface area contributed by atoms with Crippen molar-refractivity contribution in [2.75, 3.05) is 0 Å². The predicted molar refractivity (Wildman–Crippen MR) is 77.0 cm³/mol. The van der Waals surface area contributed by atoms with E-state index >= 15 is 0 Å². The standard InChI is InChI=1S/C16H13NS/c1-2-4-13-9-14(8-5-11(13)3-1)15-10-18-16(17-15)12-6-7-12/h1-5,8-10,12H,6-7H2. The molecule has 0 amide bonds. The third-order valence-electron chi connectivity index (χ3n) is 3.49. The minimum atomic E-state index is 0.754. The maximum Gasteiger partial charge on any atom is 0.0963 e. The van der Waals surface area contributed by atoms with Crippen molar-refractivity contribution in [3.05, 3.63) is 52.9 Å². The fourth-order valence-electron chi connectivity index (χ4n) is 2.29. The monoisotopic (exact) mass is 251 g/mol. The Bertz CT molecular complexity index is 710. The highest BCUT2D eigenvalue weighted by molar-refractivity contribution is 7.10. The van der Waals surface area contributed by atoms with Crippen molar-refractivity contribution < 1.29 is 0 Å². The van der Waals surface area contributed by atoms with E-state index in [1.54, 1.807) is 0 Å². The fourth-order valence-corrected chi connectivity index (χ4v) is 3.29. The minimum absolute atomic E-state index is 0.754. The van der Waals surface area contributed by atoms with Gasteiger partial charge in [0.1, 0.15) is 0 Å². The lowest BCUT2D eigenvalue weighted by molar-refractivity contribution is 1.09. The second-order valence-electron chi connectivity index (χ2n) is 4.91. The summed E-state index contributed by atoms with van der Waals surface area (Å²) in [5, 5.41) is 6.09. The first-order valence-electron chi connectivity index (χ1n) is 6.35. The third-order valence-corrected chi connectivity index (χ3v) is 4.50. The number of rotatable bonds is 2. The molecule has 0 bridgehead atoms. The van der Waals surface area contributed by atoms with Gasteiger partial charge in [-0.05, 0) is 29.7 Å². The smallest absolute Gasteiger partial charge is 0.0963 e. The summed E-state index contributed by atoms with van der Waals surface area (Å²) in [5.41, 5.74) is 2.37. The van der Waals surface area contributed by atoms with Crippen LogP contribution in [0.25, 0.3) is 22.0 Å². The van der Waals surface area contributed by atoms with E-state index in [9.17, 15) is 0 Å². The van der Waals surface area contributed by atoms with E-state index in [0.717, 1.165) is 11.6 Å². The first-order chi connectivity index (χ1) is 8.90. The molecule has 1 aromatic heterocycles. The number of aromatic nitrogens is 1. The summed E-state index contributed by atoms with van der Waals surface area (Å²) in [5.74, 6) is 0.754. The molecule has 0 aliphatic heterocycles. The van der Waals surface area contributed by atoms with Crippen LogP contribution in [-0.4, -0.2) is 4.98 Å². The van der Waals surface area contributed by atoms with Crippen LogP contribution in [0.2, 0.25) is 0 Å². The average molecular weight is 251 g/mol. The van der Waals surface area contributed by atoms with Crippen LogP contribution < -0.4 is 0 Å². The molecular weight excluding hydrogens is 238 g/mol. The van der Waals surface area contributed by atoms with Gasteiger partial charge in [0.05, 0.1) is 10.7 Å². The number of hydrogen-bond donors (Lipinski definition) is 0. The average Bonchev–Trinajstić information content (AvgIpc) is 3.16. The van der Waals surface area contributed by atoms with Gasteiger partial charge in [0, 0.05) is 16.9 Å². The van der Waals surface area contributed by atoms with Gasteiger partial charge in [-0.15, -0.1) is 11.3 Å². The van der Waals surface area contributed by atoms with Crippen LogP contribution in [0.5, 0.6) is 0 Å². The number of thiazole rings is 1. The minimum Gasteiger partial charge on any atom is -0.241 e. The van der Waals surface area contributed by atoms with Crippen molar-refractivity contribution >= 4 is 22.1 Å². The van der Waals surface area contributed by atoms with E-state index in [4.69, 9.17) is 4.98 Å². The molecule has 0 unspecified atom stereocenters. The van der Waals surface area contributed by atoms with Crippen molar-refractivity contribution in [3.8, 4) is 11.3 Å². The second kappa shape index (κ2) is 3.92. The van der Waals surface area contributed by atoms with Crippen LogP contribution in [-0.2, 0) is 0 Å². The highest BCUT2D eigenvalue weighted by Crippen LogP contribution is 2.42. The molecule has 0 radical (unpaired) electrons. The van der Waals surface area contributed by atoms with E-state index < -0.39 is 0 Å². The van der Waals surface area contributed by atoms with E-state index in [1.807, 2.05) is 11.3 Å². The summed E-state index contributed by atoms with van der Waals surface area (Å²) < 4.78 is 0. The van der Waals surface area contributed by atoms with Crippen molar-refractivity contribution in [3.63, 3.8) is 0 Å². The molecule has 0 atom stereocenters. The lowest BCUT2D eigenvalue weighted by atomic mass is 10.1. The summed E-state index contributed by atoms with van der Waals surface area (Å²) >= 11 is 1.81. The van der Waals surface area contributed by atoms with Gasteiger partial charge in [0.25, 0.3) is 0 Å². The molecule has 0 saturated heterocycles. The molecular formula is C16H13NS. The van der Waals surface area contributed by atoms with Crippen molar-refractivity contribution in [2.45, 2.75) is 18.8 Å². The van der Waals surface area contributed by atoms with Gasteiger partial charge in [-0.2, -0.15) is 0 Å². The Hall–Kier alpha value is -1.67. The van der Waals surface area contributed by atoms with Gasteiger partial charge in [-0.25, -0.2) is 4.98 Å². The molecule has 1 aliphatic rings. The van der Waals surface area contributed by atoms with E-state index in [2.05, 4.69) is 47.8 Å². The van der Waals surface area contributed by atoms with E-state index in [0.29, 0.717) is 0 Å². The first-order valence-corrected chi connectivity index (χ1v) is 7.23. The van der Waals surface area contributed by atoms with Gasteiger partial charge in [0.15, 0.2) is 0 Å². The lowest BCUT2D eigenvalue weighted by Crippen LogP contribution is -1.81.